The maximum Gasteiger partial charge on any atom is 0.275 e. The number of anilines is 1. The van der Waals surface area contributed by atoms with E-state index in [0.717, 1.165) is 26.9 Å². The molecule has 1 N–H and O–H groups in total. The summed E-state index contributed by atoms with van der Waals surface area (Å²) >= 11 is 3.45. The summed E-state index contributed by atoms with van der Waals surface area (Å²) in [4.78, 5) is 16.7. The van der Waals surface area contributed by atoms with E-state index in [2.05, 4.69) is 26.2 Å². The van der Waals surface area contributed by atoms with Crippen molar-refractivity contribution in [2.45, 2.75) is 13.8 Å². The third-order valence-electron chi connectivity index (χ3n) is 3.22. The van der Waals surface area contributed by atoms with Crippen LogP contribution in [0.15, 0.2) is 47.2 Å². The molecule has 5 heteroatoms. The van der Waals surface area contributed by atoms with Gasteiger partial charge in [0.2, 0.25) is 0 Å². The Bertz CT molecular complexity index is 839. The van der Waals surface area contributed by atoms with Crippen LogP contribution in [0.25, 0.3) is 5.65 Å². The molecule has 4 nitrogen and oxygen atoms in total. The Labute approximate surface area is 131 Å². The van der Waals surface area contributed by atoms with Gasteiger partial charge in [0.1, 0.15) is 11.3 Å². The van der Waals surface area contributed by atoms with E-state index in [0.29, 0.717) is 5.69 Å². The van der Waals surface area contributed by atoms with Crippen molar-refractivity contribution in [3.63, 3.8) is 0 Å². The lowest BCUT2D eigenvalue weighted by Crippen LogP contribution is -2.12. The zero-order chi connectivity index (χ0) is 15.0. The molecule has 21 heavy (non-hydrogen) atoms. The van der Waals surface area contributed by atoms with Gasteiger partial charge in [0.25, 0.3) is 5.91 Å². The summed E-state index contributed by atoms with van der Waals surface area (Å²) in [6.07, 6.45) is 3.63. The maximum absolute atomic E-state index is 12.3. The highest BCUT2D eigenvalue weighted by Gasteiger charge is 2.12. The van der Waals surface area contributed by atoms with Crippen LogP contribution in [0.5, 0.6) is 0 Å². The van der Waals surface area contributed by atoms with Gasteiger partial charge >= 0.3 is 0 Å². The standard InChI is InChI=1S/C16H14BrN3O/c1-10-3-4-13(12(17)7-10)19-16(21)14-9-20-6-5-11(2)8-15(20)18-14/h3-9H,1-2H3,(H,19,21). The topological polar surface area (TPSA) is 46.4 Å². The number of halogens is 1. The number of aryl methyl sites for hydroxylation is 2. The number of carbonyl (C=O) groups excluding carboxylic acids is 1. The Hall–Kier alpha value is -2.14. The number of fused-ring (bicyclic) bond motifs is 1. The van der Waals surface area contributed by atoms with E-state index in [-0.39, 0.29) is 5.91 Å². The van der Waals surface area contributed by atoms with Gasteiger partial charge in [-0.25, -0.2) is 4.98 Å². The molecule has 0 aliphatic heterocycles. The molecule has 0 atom stereocenters. The molecule has 3 aromatic rings. The molecule has 0 saturated heterocycles. The second-order valence-electron chi connectivity index (χ2n) is 5.03. The van der Waals surface area contributed by atoms with Gasteiger partial charge < -0.3 is 9.72 Å². The molecular weight excluding hydrogens is 330 g/mol. The first-order valence-corrected chi connectivity index (χ1v) is 7.35. The molecule has 0 radical (unpaired) electrons. The number of imidazole rings is 1. The summed E-state index contributed by atoms with van der Waals surface area (Å²) in [5, 5.41) is 2.87. The second-order valence-corrected chi connectivity index (χ2v) is 5.89. The van der Waals surface area contributed by atoms with Crippen LogP contribution in [-0.2, 0) is 0 Å². The molecule has 3 rings (SSSR count). The van der Waals surface area contributed by atoms with Crippen molar-refractivity contribution in [1.29, 1.82) is 0 Å². The largest absolute Gasteiger partial charge is 0.320 e. The molecule has 0 bridgehead atoms. The van der Waals surface area contributed by atoms with E-state index >= 15 is 0 Å². The fourth-order valence-electron chi connectivity index (χ4n) is 2.10. The van der Waals surface area contributed by atoms with Crippen molar-refractivity contribution < 1.29 is 4.79 Å². The summed E-state index contributed by atoms with van der Waals surface area (Å²) in [7, 11) is 0. The number of hydrogen-bond donors (Lipinski definition) is 1. The number of nitrogens with zero attached hydrogens (tertiary/aromatic N) is 2. The molecule has 2 aromatic heterocycles. The predicted molar refractivity (Wildman–Crippen MR) is 86.8 cm³/mol. The Morgan fingerprint density at radius 1 is 1.19 bits per heavy atom. The normalized spacial score (nSPS) is 10.8. The molecule has 2 heterocycles. The van der Waals surface area contributed by atoms with Gasteiger partial charge in [-0.15, -0.1) is 0 Å². The summed E-state index contributed by atoms with van der Waals surface area (Å²) < 4.78 is 2.70. The summed E-state index contributed by atoms with van der Waals surface area (Å²) in [6.45, 7) is 4.00. The van der Waals surface area contributed by atoms with Crippen molar-refractivity contribution in [2.75, 3.05) is 5.32 Å². The number of nitrogens with one attached hydrogen (secondary N) is 1. The van der Waals surface area contributed by atoms with Crippen LogP contribution in [0.3, 0.4) is 0 Å². The van der Waals surface area contributed by atoms with Gasteiger partial charge in [-0.1, -0.05) is 6.07 Å². The number of amides is 1. The molecule has 1 aromatic carbocycles. The highest BCUT2D eigenvalue weighted by molar-refractivity contribution is 9.10. The van der Waals surface area contributed by atoms with Gasteiger partial charge in [-0.3, -0.25) is 4.79 Å². The average Bonchev–Trinajstić information content (AvgIpc) is 2.85. The Kier molecular flexibility index (Phi) is 3.51. The van der Waals surface area contributed by atoms with E-state index in [1.165, 1.54) is 0 Å². The smallest absolute Gasteiger partial charge is 0.275 e. The predicted octanol–water partition coefficient (Wildman–Crippen LogP) is 3.97. The van der Waals surface area contributed by atoms with Crippen LogP contribution < -0.4 is 5.32 Å². The van der Waals surface area contributed by atoms with Crippen molar-refractivity contribution >= 4 is 33.2 Å². The van der Waals surface area contributed by atoms with E-state index < -0.39 is 0 Å². The third kappa shape index (κ3) is 2.83. The summed E-state index contributed by atoms with van der Waals surface area (Å²) in [5.41, 5.74) is 4.14. The average molecular weight is 344 g/mol. The number of carbonyl (C=O) groups is 1. The van der Waals surface area contributed by atoms with Crippen molar-refractivity contribution in [3.8, 4) is 0 Å². The number of benzene rings is 1. The van der Waals surface area contributed by atoms with E-state index in [4.69, 9.17) is 0 Å². The fourth-order valence-corrected chi connectivity index (χ4v) is 2.69. The van der Waals surface area contributed by atoms with Gasteiger partial charge in [-0.2, -0.15) is 0 Å². The molecule has 0 aliphatic carbocycles. The number of hydrogen-bond acceptors (Lipinski definition) is 2. The molecule has 1 amide bonds. The SMILES string of the molecule is Cc1ccc(NC(=O)c2cn3ccc(C)cc3n2)c(Br)c1. The van der Waals surface area contributed by atoms with Crippen LogP contribution in [0.4, 0.5) is 5.69 Å². The Morgan fingerprint density at radius 2 is 1.95 bits per heavy atom. The summed E-state index contributed by atoms with van der Waals surface area (Å²) in [5.74, 6) is -0.221. The van der Waals surface area contributed by atoms with E-state index in [1.807, 2.05) is 54.8 Å². The molecule has 0 aliphatic rings. The van der Waals surface area contributed by atoms with Crippen molar-refractivity contribution in [3.05, 3.63) is 64.0 Å². The van der Waals surface area contributed by atoms with Crippen LogP contribution in [0, 0.1) is 13.8 Å². The highest BCUT2D eigenvalue weighted by Crippen LogP contribution is 2.23. The molecular formula is C16H14BrN3O. The van der Waals surface area contributed by atoms with E-state index in [9.17, 15) is 4.79 Å². The second kappa shape index (κ2) is 5.33. The van der Waals surface area contributed by atoms with Gasteiger partial charge in [0.15, 0.2) is 0 Å². The summed E-state index contributed by atoms with van der Waals surface area (Å²) in [6, 6.07) is 9.71. The quantitative estimate of drug-likeness (QED) is 0.765. The fraction of sp³-hybridized carbons (Fsp3) is 0.125. The lowest BCUT2D eigenvalue weighted by molar-refractivity contribution is 0.102. The zero-order valence-corrected chi connectivity index (χ0v) is 13.3. The molecule has 106 valence electrons. The first kappa shape index (κ1) is 13.8. The minimum Gasteiger partial charge on any atom is -0.320 e. The molecule has 0 spiro atoms. The van der Waals surface area contributed by atoms with Crippen molar-refractivity contribution in [1.82, 2.24) is 9.38 Å². The number of rotatable bonds is 2. The van der Waals surface area contributed by atoms with Crippen LogP contribution in [0.1, 0.15) is 21.6 Å². The van der Waals surface area contributed by atoms with Gasteiger partial charge in [0, 0.05) is 16.9 Å². The highest BCUT2D eigenvalue weighted by atomic mass is 79.9. The monoisotopic (exact) mass is 343 g/mol. The lowest BCUT2D eigenvalue weighted by atomic mass is 10.2. The first-order valence-electron chi connectivity index (χ1n) is 6.56. The van der Waals surface area contributed by atoms with E-state index in [1.54, 1.807) is 6.20 Å². The van der Waals surface area contributed by atoms with Gasteiger partial charge in [0.05, 0.1) is 5.69 Å². The molecule has 0 saturated carbocycles. The van der Waals surface area contributed by atoms with Gasteiger partial charge in [-0.05, 0) is 65.2 Å². The van der Waals surface area contributed by atoms with Crippen LogP contribution in [0.2, 0.25) is 0 Å². The first-order chi connectivity index (χ1) is 10.0. The number of aromatic nitrogens is 2. The minimum absolute atomic E-state index is 0.221. The Balaban J connectivity index is 1.89. The van der Waals surface area contributed by atoms with Crippen LogP contribution >= 0.6 is 15.9 Å². The maximum atomic E-state index is 12.3. The van der Waals surface area contributed by atoms with Crippen LogP contribution in [-0.4, -0.2) is 15.3 Å². The molecule has 0 unspecified atom stereocenters. The molecule has 0 fully saturated rings. The Morgan fingerprint density at radius 3 is 2.71 bits per heavy atom. The zero-order valence-electron chi connectivity index (χ0n) is 11.7. The minimum atomic E-state index is -0.221. The third-order valence-corrected chi connectivity index (χ3v) is 3.88. The number of pyridine rings is 1. The lowest BCUT2D eigenvalue weighted by Gasteiger charge is -2.06. The van der Waals surface area contributed by atoms with Crippen molar-refractivity contribution in [2.24, 2.45) is 0 Å².